The van der Waals surface area contributed by atoms with Crippen LogP contribution in [-0.4, -0.2) is 53.4 Å². The molecule has 1 aliphatic rings. The van der Waals surface area contributed by atoms with Crippen LogP contribution in [0.15, 0.2) is 66.7 Å². The van der Waals surface area contributed by atoms with Gasteiger partial charge < -0.3 is 0 Å². The molecule has 3 aromatic rings. The van der Waals surface area contributed by atoms with Crippen molar-refractivity contribution in [2.45, 2.75) is 11.8 Å². The predicted molar refractivity (Wildman–Crippen MR) is 145 cm³/mol. The standard InChI is InChI=1S/C26H26Cl2F2N2O4S2/c1-37(33,34)31-14-26(17-38(35,36)13-18-10-23(29)12-24(30)11-18)15-32(16-26)25(19-2-6-21(27)7-3-19)20-4-8-22(28)9-5-20/h2-12,25,31H,13-17H2,1H3. The molecule has 0 unspecified atom stereocenters. The van der Waals surface area contributed by atoms with Gasteiger partial charge in [-0.2, -0.15) is 0 Å². The molecule has 0 aliphatic carbocycles. The molecule has 1 N–H and O–H groups in total. The second-order valence-electron chi connectivity index (χ2n) is 9.81. The molecule has 4 rings (SSSR count). The topological polar surface area (TPSA) is 83.5 Å². The average Bonchev–Trinajstić information content (AvgIpc) is 2.77. The number of nitrogens with zero attached hydrogens (tertiary/aromatic N) is 1. The van der Waals surface area contributed by atoms with Crippen molar-refractivity contribution in [3.05, 3.63) is 105 Å². The first-order chi connectivity index (χ1) is 17.7. The van der Waals surface area contributed by atoms with Gasteiger partial charge in [-0.15, -0.1) is 0 Å². The Morgan fingerprint density at radius 1 is 0.868 bits per heavy atom. The summed E-state index contributed by atoms with van der Waals surface area (Å²) in [5.41, 5.74) is 0.870. The van der Waals surface area contributed by atoms with Crippen LogP contribution < -0.4 is 4.72 Å². The Morgan fingerprint density at radius 3 is 1.79 bits per heavy atom. The van der Waals surface area contributed by atoms with Gasteiger partial charge in [0.05, 0.1) is 23.8 Å². The van der Waals surface area contributed by atoms with Crippen molar-refractivity contribution in [1.29, 1.82) is 0 Å². The van der Waals surface area contributed by atoms with E-state index in [0.717, 1.165) is 29.5 Å². The number of nitrogens with one attached hydrogen (secondary N) is 1. The van der Waals surface area contributed by atoms with Gasteiger partial charge in [0, 0.05) is 41.2 Å². The number of rotatable bonds is 10. The van der Waals surface area contributed by atoms with Gasteiger partial charge in [0.2, 0.25) is 10.0 Å². The molecule has 0 bridgehead atoms. The fraction of sp³-hybridized carbons (Fsp3) is 0.308. The molecule has 0 atom stereocenters. The van der Waals surface area contributed by atoms with E-state index in [1.54, 1.807) is 24.3 Å². The van der Waals surface area contributed by atoms with Crippen molar-refractivity contribution in [3.63, 3.8) is 0 Å². The summed E-state index contributed by atoms with van der Waals surface area (Å²) in [4.78, 5) is 2.05. The summed E-state index contributed by atoms with van der Waals surface area (Å²) >= 11 is 12.2. The number of likely N-dealkylation sites (tertiary alicyclic amines) is 1. The van der Waals surface area contributed by atoms with Crippen LogP contribution in [0.25, 0.3) is 0 Å². The monoisotopic (exact) mass is 602 g/mol. The van der Waals surface area contributed by atoms with E-state index in [-0.39, 0.29) is 37.0 Å². The molecule has 0 aromatic heterocycles. The van der Waals surface area contributed by atoms with Crippen LogP contribution >= 0.6 is 23.2 Å². The zero-order chi connectivity index (χ0) is 27.7. The molecular formula is C26H26Cl2F2N2O4S2. The van der Waals surface area contributed by atoms with Crippen molar-refractivity contribution in [3.8, 4) is 0 Å². The molecule has 3 aromatic carbocycles. The van der Waals surface area contributed by atoms with E-state index in [4.69, 9.17) is 23.2 Å². The molecule has 0 saturated carbocycles. The molecule has 38 heavy (non-hydrogen) atoms. The minimum atomic E-state index is -3.87. The molecular weight excluding hydrogens is 577 g/mol. The normalized spacial score (nSPS) is 15.9. The second kappa shape index (κ2) is 11.2. The molecule has 12 heteroatoms. The summed E-state index contributed by atoms with van der Waals surface area (Å²) in [6.07, 6.45) is 1.01. The van der Waals surface area contributed by atoms with Crippen LogP contribution in [0.4, 0.5) is 8.78 Å². The van der Waals surface area contributed by atoms with E-state index in [1.165, 1.54) is 0 Å². The predicted octanol–water partition coefficient (Wildman–Crippen LogP) is 4.83. The number of halogens is 4. The molecule has 1 heterocycles. The number of hydrogen-bond donors (Lipinski definition) is 1. The molecule has 1 fully saturated rings. The molecule has 1 aliphatic heterocycles. The first-order valence-corrected chi connectivity index (χ1v) is 16.0. The third kappa shape index (κ3) is 7.52. The first-order valence-electron chi connectivity index (χ1n) is 11.6. The van der Waals surface area contributed by atoms with Crippen molar-refractivity contribution >= 4 is 43.1 Å². The average molecular weight is 604 g/mol. The molecule has 0 radical (unpaired) electrons. The van der Waals surface area contributed by atoms with Crippen LogP contribution in [0, 0.1) is 17.0 Å². The van der Waals surface area contributed by atoms with E-state index < -0.39 is 42.7 Å². The Bertz CT molecular complexity index is 1450. The van der Waals surface area contributed by atoms with Crippen molar-refractivity contribution in [2.24, 2.45) is 5.41 Å². The molecule has 6 nitrogen and oxygen atoms in total. The van der Waals surface area contributed by atoms with Crippen LogP contribution in [0.5, 0.6) is 0 Å². The number of sulfonamides is 1. The summed E-state index contributed by atoms with van der Waals surface area (Å²) in [7, 11) is -7.48. The summed E-state index contributed by atoms with van der Waals surface area (Å²) in [6, 6.07) is 16.9. The van der Waals surface area contributed by atoms with Gasteiger partial charge in [0.25, 0.3) is 0 Å². The SMILES string of the molecule is CS(=O)(=O)NCC1(CS(=O)(=O)Cc2cc(F)cc(F)c2)CN(C(c2ccc(Cl)cc2)c2ccc(Cl)cc2)C1. The maximum atomic E-state index is 13.6. The fourth-order valence-electron chi connectivity index (χ4n) is 4.91. The van der Waals surface area contributed by atoms with E-state index >= 15 is 0 Å². The highest BCUT2D eigenvalue weighted by molar-refractivity contribution is 7.90. The van der Waals surface area contributed by atoms with Gasteiger partial charge in [-0.05, 0) is 53.1 Å². The van der Waals surface area contributed by atoms with E-state index in [0.29, 0.717) is 16.1 Å². The first kappa shape index (κ1) is 28.9. The number of benzene rings is 3. The van der Waals surface area contributed by atoms with E-state index in [9.17, 15) is 25.6 Å². The maximum Gasteiger partial charge on any atom is 0.208 e. The van der Waals surface area contributed by atoms with Crippen molar-refractivity contribution in [1.82, 2.24) is 9.62 Å². The molecule has 0 amide bonds. The lowest BCUT2D eigenvalue weighted by atomic mass is 9.79. The minimum Gasteiger partial charge on any atom is -0.291 e. The van der Waals surface area contributed by atoms with Gasteiger partial charge >= 0.3 is 0 Å². The Kier molecular flexibility index (Phi) is 8.52. The zero-order valence-corrected chi connectivity index (χ0v) is 23.5. The summed E-state index contributed by atoms with van der Waals surface area (Å²) in [5.74, 6) is -2.68. The van der Waals surface area contributed by atoms with Crippen LogP contribution in [0.3, 0.4) is 0 Å². The Morgan fingerprint density at radius 2 is 1.34 bits per heavy atom. The van der Waals surface area contributed by atoms with Crippen LogP contribution in [-0.2, 0) is 25.6 Å². The lowest BCUT2D eigenvalue weighted by Gasteiger charge is -2.53. The highest BCUT2D eigenvalue weighted by Crippen LogP contribution is 2.42. The van der Waals surface area contributed by atoms with Gasteiger partial charge in [0.15, 0.2) is 9.84 Å². The Labute approximate surface area is 231 Å². The largest absolute Gasteiger partial charge is 0.291 e. The smallest absolute Gasteiger partial charge is 0.208 e. The lowest BCUT2D eigenvalue weighted by Crippen LogP contribution is -2.64. The van der Waals surface area contributed by atoms with Crippen LogP contribution in [0.2, 0.25) is 10.0 Å². The van der Waals surface area contributed by atoms with Gasteiger partial charge in [-0.1, -0.05) is 47.5 Å². The summed E-state index contributed by atoms with van der Waals surface area (Å²) in [6.45, 7) is 0.400. The lowest BCUT2D eigenvalue weighted by molar-refractivity contribution is -0.00123. The van der Waals surface area contributed by atoms with E-state index in [1.807, 2.05) is 29.2 Å². The van der Waals surface area contributed by atoms with E-state index in [2.05, 4.69) is 4.72 Å². The molecule has 0 spiro atoms. The second-order valence-corrected chi connectivity index (χ2v) is 14.6. The third-order valence-electron chi connectivity index (χ3n) is 6.36. The van der Waals surface area contributed by atoms with Gasteiger partial charge in [-0.3, -0.25) is 4.90 Å². The summed E-state index contributed by atoms with van der Waals surface area (Å²) < 4.78 is 79.9. The zero-order valence-electron chi connectivity index (χ0n) is 20.4. The van der Waals surface area contributed by atoms with Crippen LogP contribution in [0.1, 0.15) is 22.7 Å². The molecule has 1 saturated heterocycles. The minimum absolute atomic E-state index is 0.00916. The quantitative estimate of drug-likeness (QED) is 0.359. The number of hydrogen-bond acceptors (Lipinski definition) is 5. The fourth-order valence-corrected chi connectivity index (χ4v) is 7.72. The highest BCUT2D eigenvalue weighted by atomic mass is 35.5. The number of sulfone groups is 1. The van der Waals surface area contributed by atoms with Gasteiger partial charge in [0.1, 0.15) is 11.6 Å². The Balaban J connectivity index is 1.62. The maximum absolute atomic E-state index is 13.6. The van der Waals surface area contributed by atoms with Crippen molar-refractivity contribution in [2.75, 3.05) is 31.6 Å². The molecule has 204 valence electrons. The highest BCUT2D eigenvalue weighted by Gasteiger charge is 2.49. The van der Waals surface area contributed by atoms with Gasteiger partial charge in [-0.25, -0.2) is 30.3 Å². The third-order valence-corrected chi connectivity index (χ3v) is 9.36. The van der Waals surface area contributed by atoms with Crippen molar-refractivity contribution < 1.29 is 25.6 Å². The Hall–Kier alpha value is -2.08. The summed E-state index contributed by atoms with van der Waals surface area (Å²) in [5, 5.41) is 1.14.